The molecule has 0 saturated carbocycles. The summed E-state index contributed by atoms with van der Waals surface area (Å²) in [5.74, 6) is 2.33. The van der Waals surface area contributed by atoms with E-state index >= 15 is 0 Å². The number of nitrogens with zero attached hydrogens (tertiary/aromatic N) is 3. The Hall–Kier alpha value is -1.04. The molecule has 0 saturated heterocycles. The minimum atomic E-state index is 0.562. The minimum Gasteiger partial charge on any atom is -0.356 e. The molecule has 13 heavy (non-hydrogen) atoms. The third-order valence-corrected chi connectivity index (χ3v) is 2.48. The van der Waals surface area contributed by atoms with E-state index in [1.54, 1.807) is 18.7 Å². The van der Waals surface area contributed by atoms with Crippen molar-refractivity contribution < 1.29 is 4.52 Å². The van der Waals surface area contributed by atoms with Gasteiger partial charge in [-0.1, -0.05) is 16.9 Å². The summed E-state index contributed by atoms with van der Waals surface area (Å²) in [6, 6.07) is 0. The average molecular weight is 198 g/mol. The molecule has 2 heterocycles. The van der Waals surface area contributed by atoms with E-state index in [0.29, 0.717) is 18.3 Å². The zero-order valence-corrected chi connectivity index (χ0v) is 8.10. The number of aromatic nitrogens is 2. The van der Waals surface area contributed by atoms with Gasteiger partial charge in [-0.05, 0) is 6.92 Å². The third-order valence-electron chi connectivity index (χ3n) is 1.55. The molecule has 0 aromatic carbocycles. The van der Waals surface area contributed by atoms with Crippen LogP contribution in [0.5, 0.6) is 0 Å². The van der Waals surface area contributed by atoms with Gasteiger partial charge in [0.15, 0.2) is 11.0 Å². The normalized spacial score (nSPS) is 15.9. The standard InChI is InChI=1S/C7H10N4OS/c1-5-10-6(12-11-5)4-9-7-8-2-3-13-7/h2-4H2,1H3,(H,8,9). The van der Waals surface area contributed by atoms with E-state index in [1.165, 1.54) is 0 Å². The van der Waals surface area contributed by atoms with E-state index in [9.17, 15) is 0 Å². The number of hydrogen-bond acceptors (Lipinski definition) is 6. The summed E-state index contributed by atoms with van der Waals surface area (Å²) in [7, 11) is 0. The Morgan fingerprint density at radius 3 is 3.15 bits per heavy atom. The summed E-state index contributed by atoms with van der Waals surface area (Å²) in [4.78, 5) is 8.30. The lowest BCUT2D eigenvalue weighted by Gasteiger charge is -1.99. The zero-order chi connectivity index (χ0) is 9.10. The molecule has 0 bridgehead atoms. The quantitative estimate of drug-likeness (QED) is 0.752. The maximum absolute atomic E-state index is 4.94. The lowest BCUT2D eigenvalue weighted by molar-refractivity contribution is 0.372. The van der Waals surface area contributed by atoms with E-state index < -0.39 is 0 Å². The molecule has 0 radical (unpaired) electrons. The molecule has 1 N–H and O–H groups in total. The Morgan fingerprint density at radius 2 is 2.54 bits per heavy atom. The van der Waals surface area contributed by atoms with Gasteiger partial charge in [0, 0.05) is 5.75 Å². The summed E-state index contributed by atoms with van der Waals surface area (Å²) < 4.78 is 4.94. The van der Waals surface area contributed by atoms with Gasteiger partial charge >= 0.3 is 0 Å². The fraction of sp³-hybridized carbons (Fsp3) is 0.571. The molecule has 0 aliphatic carbocycles. The van der Waals surface area contributed by atoms with Crippen LogP contribution in [-0.4, -0.2) is 27.6 Å². The predicted molar refractivity (Wildman–Crippen MR) is 50.6 cm³/mol. The van der Waals surface area contributed by atoms with Crippen molar-refractivity contribution in [1.82, 2.24) is 15.5 Å². The van der Waals surface area contributed by atoms with Gasteiger partial charge in [-0.25, -0.2) is 0 Å². The van der Waals surface area contributed by atoms with Gasteiger partial charge in [0.1, 0.15) is 0 Å². The van der Waals surface area contributed by atoms with Crippen LogP contribution >= 0.6 is 11.8 Å². The largest absolute Gasteiger partial charge is 0.356 e. The number of thioether (sulfide) groups is 1. The molecule has 6 heteroatoms. The summed E-state index contributed by atoms with van der Waals surface area (Å²) in [5.41, 5.74) is 0. The van der Waals surface area contributed by atoms with Crippen LogP contribution in [0.3, 0.4) is 0 Å². The Morgan fingerprint density at radius 1 is 1.62 bits per heavy atom. The molecule has 5 nitrogen and oxygen atoms in total. The van der Waals surface area contributed by atoms with Crippen molar-refractivity contribution in [2.45, 2.75) is 13.5 Å². The molecule has 0 fully saturated rings. The first kappa shape index (κ1) is 8.55. The van der Waals surface area contributed by atoms with Gasteiger partial charge in [0.2, 0.25) is 5.89 Å². The average Bonchev–Trinajstić information content (AvgIpc) is 2.71. The molecular weight excluding hydrogens is 188 g/mol. The first-order valence-electron chi connectivity index (χ1n) is 4.05. The van der Waals surface area contributed by atoms with Crippen molar-refractivity contribution in [3.05, 3.63) is 11.7 Å². The van der Waals surface area contributed by atoms with Gasteiger partial charge in [0.05, 0.1) is 13.1 Å². The molecule has 0 spiro atoms. The van der Waals surface area contributed by atoms with Crippen LogP contribution in [0.2, 0.25) is 0 Å². The highest BCUT2D eigenvalue weighted by Gasteiger charge is 2.08. The Kier molecular flexibility index (Phi) is 2.49. The van der Waals surface area contributed by atoms with Crippen molar-refractivity contribution in [3.8, 4) is 0 Å². The summed E-state index contributed by atoms with van der Waals surface area (Å²) in [5, 5.41) is 7.79. The summed E-state index contributed by atoms with van der Waals surface area (Å²) >= 11 is 1.72. The monoisotopic (exact) mass is 198 g/mol. The van der Waals surface area contributed by atoms with E-state index in [2.05, 4.69) is 20.4 Å². The van der Waals surface area contributed by atoms with E-state index in [-0.39, 0.29) is 0 Å². The van der Waals surface area contributed by atoms with Crippen LogP contribution in [0.1, 0.15) is 11.7 Å². The number of nitrogens with one attached hydrogen (secondary N) is 1. The fourth-order valence-corrected chi connectivity index (χ4v) is 1.74. The van der Waals surface area contributed by atoms with Crippen LogP contribution in [-0.2, 0) is 6.54 Å². The van der Waals surface area contributed by atoms with Gasteiger partial charge in [-0.2, -0.15) is 4.98 Å². The second kappa shape index (κ2) is 3.78. The number of amidine groups is 1. The van der Waals surface area contributed by atoms with E-state index in [4.69, 9.17) is 4.52 Å². The molecule has 0 unspecified atom stereocenters. The molecule has 0 amide bonds. The maximum atomic E-state index is 4.94. The first-order chi connectivity index (χ1) is 6.34. The van der Waals surface area contributed by atoms with Gasteiger partial charge in [0.25, 0.3) is 0 Å². The molecule has 70 valence electrons. The van der Waals surface area contributed by atoms with Gasteiger partial charge in [-0.15, -0.1) is 0 Å². The minimum absolute atomic E-state index is 0.562. The van der Waals surface area contributed by atoms with Crippen LogP contribution in [0.4, 0.5) is 0 Å². The van der Waals surface area contributed by atoms with Gasteiger partial charge in [-0.3, -0.25) is 4.99 Å². The number of aryl methyl sites for hydroxylation is 1. The highest BCUT2D eigenvalue weighted by Crippen LogP contribution is 2.09. The lowest BCUT2D eigenvalue weighted by Crippen LogP contribution is -2.18. The molecule has 1 aliphatic heterocycles. The Labute approximate surface area is 80.0 Å². The SMILES string of the molecule is Cc1noc(CNC2=NCCS2)n1. The highest BCUT2D eigenvalue weighted by molar-refractivity contribution is 8.14. The van der Waals surface area contributed by atoms with Gasteiger partial charge < -0.3 is 9.84 Å². The highest BCUT2D eigenvalue weighted by atomic mass is 32.2. The van der Waals surface area contributed by atoms with Crippen molar-refractivity contribution in [3.63, 3.8) is 0 Å². The number of aliphatic imine (C=N–C) groups is 1. The van der Waals surface area contributed by atoms with Crippen LogP contribution < -0.4 is 5.32 Å². The van der Waals surface area contributed by atoms with Crippen LogP contribution in [0.25, 0.3) is 0 Å². The second-order valence-electron chi connectivity index (χ2n) is 2.62. The Balaban J connectivity index is 1.85. The first-order valence-corrected chi connectivity index (χ1v) is 5.03. The summed E-state index contributed by atoms with van der Waals surface area (Å²) in [6.45, 7) is 3.26. The van der Waals surface area contributed by atoms with E-state index in [1.807, 2.05) is 0 Å². The zero-order valence-electron chi connectivity index (χ0n) is 7.28. The molecular formula is C7H10N4OS. The van der Waals surface area contributed by atoms with Crippen molar-refractivity contribution in [1.29, 1.82) is 0 Å². The second-order valence-corrected chi connectivity index (χ2v) is 3.71. The number of rotatable bonds is 2. The lowest BCUT2D eigenvalue weighted by atomic mass is 10.6. The molecule has 1 aliphatic rings. The molecule has 1 aromatic rings. The molecule has 1 aromatic heterocycles. The van der Waals surface area contributed by atoms with Crippen LogP contribution in [0.15, 0.2) is 9.52 Å². The van der Waals surface area contributed by atoms with Crippen molar-refractivity contribution >= 4 is 16.9 Å². The predicted octanol–water partition coefficient (Wildman–Crippen LogP) is 0.570. The van der Waals surface area contributed by atoms with E-state index in [0.717, 1.165) is 17.5 Å². The topological polar surface area (TPSA) is 63.3 Å². The van der Waals surface area contributed by atoms with Crippen molar-refractivity contribution in [2.75, 3.05) is 12.3 Å². The third kappa shape index (κ3) is 2.21. The molecule has 2 rings (SSSR count). The van der Waals surface area contributed by atoms with Crippen LogP contribution in [0, 0.1) is 6.92 Å². The van der Waals surface area contributed by atoms with Crippen molar-refractivity contribution in [2.24, 2.45) is 4.99 Å². The molecule has 0 atom stereocenters. The Bertz CT molecular complexity index is 322. The summed E-state index contributed by atoms with van der Waals surface area (Å²) in [6.07, 6.45) is 0. The smallest absolute Gasteiger partial charge is 0.245 e. The number of hydrogen-bond donors (Lipinski definition) is 1. The maximum Gasteiger partial charge on any atom is 0.245 e. The fourth-order valence-electron chi connectivity index (χ4n) is 1.01.